The number of nitrogens with two attached hydrogens (primary N) is 1. The summed E-state index contributed by atoms with van der Waals surface area (Å²) in [4.78, 5) is 0. The molecule has 1 unspecified atom stereocenters. The number of hydrogen-bond donors (Lipinski definition) is 1. The zero-order chi connectivity index (χ0) is 14.0. The predicted octanol–water partition coefficient (Wildman–Crippen LogP) is 3.65. The minimum Gasteiger partial charge on any atom is -0.324 e. The lowest BCUT2D eigenvalue weighted by Gasteiger charge is -2.14. The van der Waals surface area contributed by atoms with Gasteiger partial charge < -0.3 is 5.73 Å². The molecule has 100 valence electrons. The zero-order valence-corrected chi connectivity index (χ0v) is 10.5. The Bertz CT molecular complexity index is 576. The Hall–Kier alpha value is -1.81. The Labute approximate surface area is 109 Å². The molecule has 2 aromatic carbocycles. The Kier molecular flexibility index (Phi) is 3.90. The minimum atomic E-state index is -0.665. The first-order chi connectivity index (χ1) is 8.95. The summed E-state index contributed by atoms with van der Waals surface area (Å²) in [6.07, 6.45) is 0.326. The van der Waals surface area contributed by atoms with Crippen LogP contribution >= 0.6 is 0 Å². The lowest BCUT2D eigenvalue weighted by molar-refractivity contribution is 0.572. The van der Waals surface area contributed by atoms with Gasteiger partial charge in [-0.2, -0.15) is 0 Å². The second-order valence-corrected chi connectivity index (χ2v) is 4.58. The molecule has 0 aliphatic carbocycles. The first-order valence-electron chi connectivity index (χ1n) is 5.92. The molecule has 1 atom stereocenters. The number of aryl methyl sites for hydroxylation is 1. The fourth-order valence-corrected chi connectivity index (χ4v) is 2.00. The van der Waals surface area contributed by atoms with E-state index in [1.165, 1.54) is 24.3 Å². The molecule has 0 spiro atoms. The zero-order valence-electron chi connectivity index (χ0n) is 10.5. The van der Waals surface area contributed by atoms with E-state index in [2.05, 4.69) is 0 Å². The van der Waals surface area contributed by atoms with Gasteiger partial charge in [-0.25, -0.2) is 13.2 Å². The average Bonchev–Trinajstić information content (AvgIpc) is 2.32. The van der Waals surface area contributed by atoms with Crippen molar-refractivity contribution in [1.82, 2.24) is 0 Å². The summed E-state index contributed by atoms with van der Waals surface area (Å²) >= 11 is 0. The number of benzene rings is 2. The second-order valence-electron chi connectivity index (χ2n) is 4.58. The Balaban J connectivity index is 2.25. The van der Waals surface area contributed by atoms with Gasteiger partial charge in [0.25, 0.3) is 0 Å². The van der Waals surface area contributed by atoms with Crippen molar-refractivity contribution in [2.75, 3.05) is 0 Å². The molecule has 0 heterocycles. The van der Waals surface area contributed by atoms with Crippen molar-refractivity contribution in [2.24, 2.45) is 5.73 Å². The Morgan fingerprint density at radius 1 is 0.947 bits per heavy atom. The molecule has 2 rings (SSSR count). The highest BCUT2D eigenvalue weighted by Crippen LogP contribution is 2.21. The quantitative estimate of drug-likeness (QED) is 0.900. The molecular weight excluding hydrogens is 251 g/mol. The molecule has 0 aliphatic rings. The van der Waals surface area contributed by atoms with Gasteiger partial charge in [0.05, 0.1) is 0 Å². The van der Waals surface area contributed by atoms with Gasteiger partial charge >= 0.3 is 0 Å². The van der Waals surface area contributed by atoms with Crippen LogP contribution in [0.4, 0.5) is 13.2 Å². The van der Waals surface area contributed by atoms with Gasteiger partial charge in [0, 0.05) is 12.1 Å². The van der Waals surface area contributed by atoms with Gasteiger partial charge in [0.15, 0.2) is 0 Å². The lowest BCUT2D eigenvalue weighted by Crippen LogP contribution is -2.14. The summed E-state index contributed by atoms with van der Waals surface area (Å²) in [6.45, 7) is 1.84. The van der Waals surface area contributed by atoms with E-state index in [0.29, 0.717) is 12.0 Å². The maximum absolute atomic E-state index is 13.2. The Morgan fingerprint density at radius 2 is 1.58 bits per heavy atom. The summed E-state index contributed by atoms with van der Waals surface area (Å²) in [5, 5.41) is 0. The molecule has 0 aromatic heterocycles. The van der Waals surface area contributed by atoms with E-state index >= 15 is 0 Å². The third-order valence-electron chi connectivity index (χ3n) is 3.06. The molecular formula is C15H14F3N. The van der Waals surface area contributed by atoms with E-state index in [4.69, 9.17) is 5.73 Å². The van der Waals surface area contributed by atoms with Crippen LogP contribution in [-0.2, 0) is 6.42 Å². The van der Waals surface area contributed by atoms with Crippen molar-refractivity contribution < 1.29 is 13.2 Å². The molecule has 0 radical (unpaired) electrons. The fourth-order valence-electron chi connectivity index (χ4n) is 2.00. The molecule has 0 saturated heterocycles. The maximum Gasteiger partial charge on any atom is 0.126 e. The first kappa shape index (κ1) is 13.6. The highest BCUT2D eigenvalue weighted by molar-refractivity contribution is 5.30. The van der Waals surface area contributed by atoms with Gasteiger partial charge in [-0.1, -0.05) is 6.07 Å². The van der Waals surface area contributed by atoms with Crippen LogP contribution < -0.4 is 5.73 Å². The summed E-state index contributed by atoms with van der Waals surface area (Å²) in [5.41, 5.74) is 7.92. The van der Waals surface area contributed by atoms with Crippen LogP contribution in [0, 0.1) is 24.4 Å². The molecule has 19 heavy (non-hydrogen) atoms. The second kappa shape index (κ2) is 5.45. The highest BCUT2D eigenvalue weighted by Gasteiger charge is 2.12. The molecule has 4 heteroatoms. The SMILES string of the molecule is Cc1ccc(F)cc1CC(N)c1cc(F)cc(F)c1. The third kappa shape index (κ3) is 3.35. The topological polar surface area (TPSA) is 26.0 Å². The van der Waals surface area contributed by atoms with E-state index in [9.17, 15) is 13.2 Å². The van der Waals surface area contributed by atoms with Gasteiger partial charge in [-0.3, -0.25) is 0 Å². The van der Waals surface area contributed by atoms with Crippen molar-refractivity contribution in [2.45, 2.75) is 19.4 Å². The number of hydrogen-bond acceptors (Lipinski definition) is 1. The van der Waals surface area contributed by atoms with Gasteiger partial charge in [-0.05, 0) is 54.3 Å². The van der Waals surface area contributed by atoms with Crippen molar-refractivity contribution in [3.8, 4) is 0 Å². The molecule has 0 aliphatic heterocycles. The number of halogens is 3. The van der Waals surface area contributed by atoms with Gasteiger partial charge in [0.2, 0.25) is 0 Å². The fraction of sp³-hybridized carbons (Fsp3) is 0.200. The van der Waals surface area contributed by atoms with Crippen LogP contribution in [0.25, 0.3) is 0 Å². The summed E-state index contributed by atoms with van der Waals surface area (Å²) < 4.78 is 39.4. The normalized spacial score (nSPS) is 12.5. The van der Waals surface area contributed by atoms with Crippen molar-refractivity contribution in [3.63, 3.8) is 0 Å². The van der Waals surface area contributed by atoms with Crippen LogP contribution in [0.2, 0.25) is 0 Å². The summed E-state index contributed by atoms with van der Waals surface area (Å²) in [7, 11) is 0. The van der Waals surface area contributed by atoms with Crippen LogP contribution in [0.3, 0.4) is 0 Å². The average molecular weight is 265 g/mol. The van der Waals surface area contributed by atoms with Crippen molar-refractivity contribution in [1.29, 1.82) is 0 Å². The van der Waals surface area contributed by atoms with Crippen LogP contribution in [-0.4, -0.2) is 0 Å². The van der Waals surface area contributed by atoms with Crippen molar-refractivity contribution >= 4 is 0 Å². The predicted molar refractivity (Wildman–Crippen MR) is 68.1 cm³/mol. The maximum atomic E-state index is 13.2. The smallest absolute Gasteiger partial charge is 0.126 e. The standard InChI is InChI=1S/C15H14F3N/c1-9-2-3-12(16)4-10(9)7-15(19)11-5-13(17)8-14(18)6-11/h2-6,8,15H,7,19H2,1H3. The monoisotopic (exact) mass is 265 g/mol. The van der Waals surface area contributed by atoms with Gasteiger partial charge in [0.1, 0.15) is 17.5 Å². The molecule has 2 aromatic rings. The van der Waals surface area contributed by atoms with Crippen molar-refractivity contribution in [3.05, 3.63) is 70.5 Å². The molecule has 0 bridgehead atoms. The first-order valence-corrected chi connectivity index (χ1v) is 5.92. The lowest BCUT2D eigenvalue weighted by atomic mass is 9.96. The van der Waals surface area contributed by atoms with Crippen LogP contribution in [0.1, 0.15) is 22.7 Å². The molecule has 0 amide bonds. The number of rotatable bonds is 3. The highest BCUT2D eigenvalue weighted by atomic mass is 19.1. The molecule has 2 N–H and O–H groups in total. The van der Waals surface area contributed by atoms with E-state index in [1.54, 1.807) is 6.07 Å². The molecule has 0 fully saturated rings. The third-order valence-corrected chi connectivity index (χ3v) is 3.06. The van der Waals surface area contributed by atoms with E-state index in [-0.39, 0.29) is 5.82 Å². The summed E-state index contributed by atoms with van der Waals surface area (Å²) in [6, 6.07) is 7.03. The molecule has 0 saturated carbocycles. The van der Waals surface area contributed by atoms with Crippen LogP contribution in [0.15, 0.2) is 36.4 Å². The van der Waals surface area contributed by atoms with E-state index in [0.717, 1.165) is 17.2 Å². The van der Waals surface area contributed by atoms with Gasteiger partial charge in [-0.15, -0.1) is 0 Å². The largest absolute Gasteiger partial charge is 0.324 e. The van der Waals surface area contributed by atoms with E-state index < -0.39 is 17.7 Å². The minimum absolute atomic E-state index is 0.326. The van der Waals surface area contributed by atoms with E-state index in [1.807, 2.05) is 6.92 Å². The van der Waals surface area contributed by atoms with Crippen LogP contribution in [0.5, 0.6) is 0 Å². The summed E-state index contributed by atoms with van der Waals surface area (Å²) in [5.74, 6) is -1.68. The Morgan fingerprint density at radius 3 is 2.21 bits per heavy atom. The molecule has 1 nitrogen and oxygen atoms in total.